The van der Waals surface area contributed by atoms with E-state index < -0.39 is 4.92 Å². The zero-order chi connectivity index (χ0) is 15.0. The van der Waals surface area contributed by atoms with Crippen molar-refractivity contribution in [3.05, 3.63) is 28.3 Å². The molecule has 1 aromatic carbocycles. The largest absolute Gasteiger partial charge is 0.424 e. The average molecular weight is 290 g/mol. The molecule has 0 saturated heterocycles. The fraction of sp³-hybridized carbons (Fsp3) is 0.500. The van der Waals surface area contributed by atoms with Gasteiger partial charge in [-0.25, -0.2) is 0 Å². The summed E-state index contributed by atoms with van der Waals surface area (Å²) >= 11 is 0. The highest BCUT2D eigenvalue weighted by molar-refractivity contribution is 5.77. The predicted octanol–water partition coefficient (Wildman–Crippen LogP) is 2.63. The first kappa shape index (κ1) is 13.8. The Morgan fingerprint density at radius 1 is 1.48 bits per heavy atom. The highest BCUT2D eigenvalue weighted by atomic mass is 16.6. The van der Waals surface area contributed by atoms with Gasteiger partial charge in [-0.1, -0.05) is 0 Å². The minimum absolute atomic E-state index is 0.0195. The van der Waals surface area contributed by atoms with Crippen LogP contribution in [0.2, 0.25) is 0 Å². The highest BCUT2D eigenvalue weighted by Crippen LogP contribution is 2.36. The van der Waals surface area contributed by atoms with Crippen molar-refractivity contribution in [2.75, 3.05) is 26.0 Å². The minimum Gasteiger partial charge on any atom is -0.424 e. The maximum atomic E-state index is 10.8. The molecule has 0 bridgehead atoms. The van der Waals surface area contributed by atoms with Crippen LogP contribution in [0.25, 0.3) is 11.1 Å². The molecule has 1 fully saturated rings. The van der Waals surface area contributed by atoms with Gasteiger partial charge < -0.3 is 14.6 Å². The average Bonchev–Trinajstić information content (AvgIpc) is 2.78. The Balaban J connectivity index is 1.77. The van der Waals surface area contributed by atoms with Gasteiger partial charge in [0.2, 0.25) is 0 Å². The van der Waals surface area contributed by atoms with Gasteiger partial charge in [0.25, 0.3) is 11.7 Å². The monoisotopic (exact) mass is 290 g/mol. The number of non-ortho nitro benzene ring substituents is 1. The molecule has 0 atom stereocenters. The van der Waals surface area contributed by atoms with Crippen molar-refractivity contribution >= 4 is 22.8 Å². The SMILES string of the molecule is CN(C)C1(CNc2nc3cc([N+](=O)[O-])ccc3o2)CCC1. The first-order valence-corrected chi connectivity index (χ1v) is 6.96. The van der Waals surface area contributed by atoms with E-state index in [-0.39, 0.29) is 11.2 Å². The van der Waals surface area contributed by atoms with Crippen LogP contribution in [0.3, 0.4) is 0 Å². The number of nitrogens with zero attached hydrogens (tertiary/aromatic N) is 3. The smallest absolute Gasteiger partial charge is 0.295 e. The standard InChI is InChI=1S/C14H18N4O3/c1-17(2)14(6-3-7-14)9-15-13-16-11-8-10(18(19)20)4-5-12(11)21-13/h4-5,8H,3,6-7,9H2,1-2H3,(H,15,16). The molecule has 1 saturated carbocycles. The summed E-state index contributed by atoms with van der Waals surface area (Å²) in [6, 6.07) is 4.84. The quantitative estimate of drug-likeness (QED) is 0.673. The summed E-state index contributed by atoms with van der Waals surface area (Å²) in [6.45, 7) is 0.759. The molecule has 1 aliphatic carbocycles. The summed E-state index contributed by atoms with van der Waals surface area (Å²) in [5.74, 6) is 0. The Labute approximate surface area is 122 Å². The van der Waals surface area contributed by atoms with Gasteiger partial charge in [0.1, 0.15) is 5.52 Å². The van der Waals surface area contributed by atoms with Gasteiger partial charge in [0.15, 0.2) is 5.58 Å². The molecule has 7 heteroatoms. The fourth-order valence-electron chi connectivity index (χ4n) is 2.71. The molecule has 1 aliphatic rings. The number of nitrogens with one attached hydrogen (secondary N) is 1. The van der Waals surface area contributed by atoms with Crippen LogP contribution in [-0.4, -0.2) is 41.0 Å². The Bertz CT molecular complexity index is 676. The number of nitro benzene ring substituents is 1. The van der Waals surface area contributed by atoms with E-state index in [1.54, 1.807) is 6.07 Å². The zero-order valence-corrected chi connectivity index (χ0v) is 12.1. The number of aromatic nitrogens is 1. The molecule has 1 N–H and O–H groups in total. The van der Waals surface area contributed by atoms with Crippen LogP contribution in [0.5, 0.6) is 0 Å². The number of rotatable bonds is 5. The van der Waals surface area contributed by atoms with E-state index in [1.165, 1.54) is 18.6 Å². The van der Waals surface area contributed by atoms with Crippen LogP contribution in [0.15, 0.2) is 22.6 Å². The van der Waals surface area contributed by atoms with Crippen LogP contribution < -0.4 is 5.32 Å². The van der Waals surface area contributed by atoms with Gasteiger partial charge in [-0.05, 0) is 39.4 Å². The van der Waals surface area contributed by atoms with Gasteiger partial charge in [0.05, 0.1) is 4.92 Å². The number of likely N-dealkylation sites (N-methyl/N-ethyl adjacent to an activating group) is 1. The van der Waals surface area contributed by atoms with Gasteiger partial charge >= 0.3 is 0 Å². The summed E-state index contributed by atoms with van der Waals surface area (Å²) in [7, 11) is 4.16. The third-order valence-corrected chi connectivity index (χ3v) is 4.38. The molecule has 0 amide bonds. The normalized spacial score (nSPS) is 16.9. The van der Waals surface area contributed by atoms with E-state index in [0.717, 1.165) is 19.4 Å². The molecule has 0 aliphatic heterocycles. The van der Waals surface area contributed by atoms with Crippen molar-refractivity contribution in [3.63, 3.8) is 0 Å². The van der Waals surface area contributed by atoms with E-state index in [9.17, 15) is 10.1 Å². The number of oxazole rings is 1. The van der Waals surface area contributed by atoms with Crippen LogP contribution in [0, 0.1) is 10.1 Å². The number of anilines is 1. The third kappa shape index (κ3) is 2.44. The number of nitro groups is 1. The number of benzene rings is 1. The van der Waals surface area contributed by atoms with Crippen LogP contribution in [0.4, 0.5) is 11.7 Å². The number of hydrogen-bond acceptors (Lipinski definition) is 6. The zero-order valence-electron chi connectivity index (χ0n) is 12.1. The lowest BCUT2D eigenvalue weighted by atomic mass is 9.75. The topological polar surface area (TPSA) is 84.4 Å². The molecule has 7 nitrogen and oxygen atoms in total. The Morgan fingerprint density at radius 2 is 2.24 bits per heavy atom. The molecule has 112 valence electrons. The van der Waals surface area contributed by atoms with Crippen molar-refractivity contribution in [1.29, 1.82) is 0 Å². The Morgan fingerprint density at radius 3 is 2.81 bits per heavy atom. The third-order valence-electron chi connectivity index (χ3n) is 4.38. The fourth-order valence-corrected chi connectivity index (χ4v) is 2.71. The Kier molecular flexibility index (Phi) is 3.29. The minimum atomic E-state index is -0.434. The van der Waals surface area contributed by atoms with Crippen LogP contribution >= 0.6 is 0 Å². The molecular weight excluding hydrogens is 272 g/mol. The lowest BCUT2D eigenvalue weighted by Gasteiger charge is -2.47. The lowest BCUT2D eigenvalue weighted by Crippen LogP contribution is -2.54. The molecule has 1 heterocycles. The summed E-state index contributed by atoms with van der Waals surface area (Å²) in [6.07, 6.45) is 3.54. The highest BCUT2D eigenvalue weighted by Gasteiger charge is 2.39. The van der Waals surface area contributed by atoms with Gasteiger partial charge in [-0.3, -0.25) is 10.1 Å². The molecule has 2 aromatic rings. The van der Waals surface area contributed by atoms with Gasteiger partial charge in [-0.15, -0.1) is 0 Å². The van der Waals surface area contributed by atoms with Crippen molar-refractivity contribution in [1.82, 2.24) is 9.88 Å². The second kappa shape index (κ2) is 5.00. The van der Waals surface area contributed by atoms with E-state index >= 15 is 0 Å². The number of hydrogen-bond donors (Lipinski definition) is 1. The van der Waals surface area contributed by atoms with E-state index in [1.807, 2.05) is 0 Å². The van der Waals surface area contributed by atoms with Gasteiger partial charge in [0, 0.05) is 24.2 Å². The molecule has 0 spiro atoms. The second-order valence-corrected chi connectivity index (χ2v) is 5.75. The molecule has 1 aromatic heterocycles. The maximum absolute atomic E-state index is 10.8. The van der Waals surface area contributed by atoms with Crippen molar-refractivity contribution in [2.45, 2.75) is 24.8 Å². The number of fused-ring (bicyclic) bond motifs is 1. The van der Waals surface area contributed by atoms with Crippen molar-refractivity contribution in [2.24, 2.45) is 0 Å². The first-order valence-electron chi connectivity index (χ1n) is 6.96. The summed E-state index contributed by atoms with van der Waals surface area (Å²) in [4.78, 5) is 16.8. The second-order valence-electron chi connectivity index (χ2n) is 5.75. The maximum Gasteiger partial charge on any atom is 0.295 e. The molecule has 0 unspecified atom stereocenters. The molecule has 3 rings (SSSR count). The molecule has 0 radical (unpaired) electrons. The predicted molar refractivity (Wildman–Crippen MR) is 79.4 cm³/mol. The molecule has 21 heavy (non-hydrogen) atoms. The van der Waals surface area contributed by atoms with E-state index in [4.69, 9.17) is 4.42 Å². The van der Waals surface area contributed by atoms with Crippen LogP contribution in [-0.2, 0) is 0 Å². The van der Waals surface area contributed by atoms with E-state index in [0.29, 0.717) is 17.1 Å². The van der Waals surface area contributed by atoms with Crippen molar-refractivity contribution < 1.29 is 9.34 Å². The summed E-state index contributed by atoms with van der Waals surface area (Å²) < 4.78 is 5.58. The first-order chi connectivity index (χ1) is 10.00. The summed E-state index contributed by atoms with van der Waals surface area (Å²) in [5.41, 5.74) is 1.23. The van der Waals surface area contributed by atoms with Crippen LogP contribution in [0.1, 0.15) is 19.3 Å². The molecular formula is C14H18N4O3. The Hall–Kier alpha value is -2.15. The summed E-state index contributed by atoms with van der Waals surface area (Å²) in [5, 5.41) is 14.0. The van der Waals surface area contributed by atoms with Gasteiger partial charge in [-0.2, -0.15) is 4.98 Å². The van der Waals surface area contributed by atoms with E-state index in [2.05, 4.69) is 29.3 Å². The lowest BCUT2D eigenvalue weighted by molar-refractivity contribution is -0.384. The van der Waals surface area contributed by atoms with Crippen molar-refractivity contribution in [3.8, 4) is 0 Å².